The summed E-state index contributed by atoms with van der Waals surface area (Å²) in [5, 5.41) is 0. The Morgan fingerprint density at radius 1 is 1.39 bits per heavy atom. The largest absolute Gasteiger partial charge is 0.494 e. The molecule has 0 aromatic heterocycles. The zero-order valence-electron chi connectivity index (χ0n) is 11.0. The minimum Gasteiger partial charge on any atom is -0.494 e. The van der Waals surface area contributed by atoms with E-state index in [1.165, 1.54) is 0 Å². The Balaban J connectivity index is 1.62. The van der Waals surface area contributed by atoms with E-state index in [9.17, 15) is 0 Å². The lowest BCUT2D eigenvalue weighted by molar-refractivity contribution is 0.154. The predicted octanol–water partition coefficient (Wildman–Crippen LogP) is 1.76. The molecule has 2 rings (SSSR count). The summed E-state index contributed by atoms with van der Waals surface area (Å²) >= 11 is 0. The molecule has 1 aliphatic heterocycles. The van der Waals surface area contributed by atoms with Crippen LogP contribution in [0.3, 0.4) is 0 Å². The maximum atomic E-state index is 5.66. The maximum Gasteiger partial charge on any atom is 0.119 e. The third-order valence-electron chi connectivity index (χ3n) is 3.33. The van der Waals surface area contributed by atoms with Crippen LogP contribution in [-0.2, 0) is 4.74 Å². The highest BCUT2D eigenvalue weighted by atomic mass is 16.5. The van der Waals surface area contributed by atoms with Crippen LogP contribution in [0, 0.1) is 0 Å². The molecule has 4 heteroatoms. The molecule has 1 aromatic rings. The maximum absolute atomic E-state index is 5.66. The van der Waals surface area contributed by atoms with Gasteiger partial charge in [-0.1, -0.05) is 0 Å². The first-order valence-electron chi connectivity index (χ1n) is 6.52. The normalized spacial score (nSPS) is 19.3. The van der Waals surface area contributed by atoms with Gasteiger partial charge in [-0.2, -0.15) is 0 Å². The first-order chi connectivity index (χ1) is 8.75. The van der Waals surface area contributed by atoms with Crippen LogP contribution in [0.5, 0.6) is 5.75 Å². The number of benzene rings is 1. The van der Waals surface area contributed by atoms with Crippen molar-refractivity contribution in [3.8, 4) is 5.75 Å². The second-order valence-electron chi connectivity index (χ2n) is 4.77. The van der Waals surface area contributed by atoms with Crippen LogP contribution in [-0.4, -0.2) is 44.4 Å². The van der Waals surface area contributed by atoms with Crippen molar-refractivity contribution in [3.63, 3.8) is 0 Å². The second kappa shape index (κ2) is 6.61. The topological polar surface area (TPSA) is 47.7 Å². The highest BCUT2D eigenvalue weighted by Crippen LogP contribution is 2.14. The van der Waals surface area contributed by atoms with E-state index in [4.69, 9.17) is 15.2 Å². The Hall–Kier alpha value is -1.26. The van der Waals surface area contributed by atoms with Crippen LogP contribution in [0.1, 0.15) is 12.8 Å². The van der Waals surface area contributed by atoms with Crippen LogP contribution < -0.4 is 10.5 Å². The second-order valence-corrected chi connectivity index (χ2v) is 4.77. The van der Waals surface area contributed by atoms with Gasteiger partial charge in [0, 0.05) is 24.9 Å². The van der Waals surface area contributed by atoms with Crippen molar-refractivity contribution in [2.75, 3.05) is 39.1 Å². The van der Waals surface area contributed by atoms with Gasteiger partial charge in [-0.25, -0.2) is 0 Å². The lowest BCUT2D eigenvalue weighted by Crippen LogP contribution is -2.33. The minimum absolute atomic E-state index is 0.585. The van der Waals surface area contributed by atoms with E-state index in [-0.39, 0.29) is 0 Å². The third kappa shape index (κ3) is 3.89. The number of hydrogen-bond acceptors (Lipinski definition) is 4. The first kappa shape index (κ1) is 13.2. The molecule has 18 heavy (non-hydrogen) atoms. The van der Waals surface area contributed by atoms with Gasteiger partial charge in [0.15, 0.2) is 0 Å². The van der Waals surface area contributed by atoms with Crippen LogP contribution in [0.4, 0.5) is 5.69 Å². The predicted molar refractivity (Wildman–Crippen MR) is 72.8 cm³/mol. The van der Waals surface area contributed by atoms with Gasteiger partial charge < -0.3 is 20.1 Å². The zero-order valence-corrected chi connectivity index (χ0v) is 11.0. The van der Waals surface area contributed by atoms with E-state index in [1.807, 2.05) is 24.3 Å². The summed E-state index contributed by atoms with van der Waals surface area (Å²) in [5.41, 5.74) is 6.38. The molecule has 0 amide bonds. The Bertz CT molecular complexity index is 347. The summed E-state index contributed by atoms with van der Waals surface area (Å²) in [6.07, 6.45) is 2.17. The molecule has 0 spiro atoms. The van der Waals surface area contributed by atoms with Crippen molar-refractivity contribution >= 4 is 5.69 Å². The molecular formula is C14H22N2O2. The number of likely N-dealkylation sites (N-methyl/N-ethyl adjacent to an activating group) is 1. The van der Waals surface area contributed by atoms with Crippen LogP contribution >= 0.6 is 0 Å². The van der Waals surface area contributed by atoms with E-state index in [1.54, 1.807) is 0 Å². The summed E-state index contributed by atoms with van der Waals surface area (Å²) in [5.74, 6) is 0.885. The Labute approximate surface area is 109 Å². The summed E-state index contributed by atoms with van der Waals surface area (Å²) < 4.78 is 11.0. The average molecular weight is 250 g/mol. The van der Waals surface area contributed by atoms with Crippen molar-refractivity contribution < 1.29 is 9.47 Å². The molecule has 100 valence electrons. The molecule has 1 fully saturated rings. The number of anilines is 1. The molecule has 0 bridgehead atoms. The molecule has 0 aliphatic carbocycles. The number of ether oxygens (including phenoxy) is 2. The van der Waals surface area contributed by atoms with Crippen molar-refractivity contribution in [1.29, 1.82) is 0 Å². The van der Waals surface area contributed by atoms with Gasteiger partial charge in [0.1, 0.15) is 5.75 Å². The van der Waals surface area contributed by atoms with Crippen molar-refractivity contribution in [3.05, 3.63) is 24.3 Å². The van der Waals surface area contributed by atoms with Crippen molar-refractivity contribution in [2.45, 2.75) is 18.9 Å². The van der Waals surface area contributed by atoms with Gasteiger partial charge >= 0.3 is 0 Å². The zero-order chi connectivity index (χ0) is 12.8. The minimum atomic E-state index is 0.585. The molecule has 0 radical (unpaired) electrons. The fraction of sp³-hybridized carbons (Fsp3) is 0.571. The smallest absolute Gasteiger partial charge is 0.119 e. The molecule has 1 unspecified atom stereocenters. The van der Waals surface area contributed by atoms with Crippen LogP contribution in [0.2, 0.25) is 0 Å². The molecule has 1 atom stereocenters. The SMILES string of the molecule is CN(CCCOc1ccc(N)cc1)C1CCOC1. The van der Waals surface area contributed by atoms with E-state index < -0.39 is 0 Å². The fourth-order valence-electron chi connectivity index (χ4n) is 2.12. The summed E-state index contributed by atoms with van der Waals surface area (Å²) in [7, 11) is 2.16. The van der Waals surface area contributed by atoms with Crippen LogP contribution in [0.15, 0.2) is 24.3 Å². The number of nitrogens with zero attached hydrogens (tertiary/aromatic N) is 1. The van der Waals surface area contributed by atoms with Gasteiger partial charge in [0.05, 0.1) is 13.2 Å². The lowest BCUT2D eigenvalue weighted by atomic mass is 10.2. The number of nitrogens with two attached hydrogens (primary N) is 1. The standard InChI is InChI=1S/C14H22N2O2/c1-16(13-7-10-17-11-13)8-2-9-18-14-5-3-12(15)4-6-14/h3-6,13H,2,7-11,15H2,1H3. The van der Waals surface area contributed by atoms with E-state index >= 15 is 0 Å². The molecule has 1 saturated heterocycles. The third-order valence-corrected chi connectivity index (χ3v) is 3.33. The number of nitrogen functional groups attached to an aromatic ring is 1. The lowest BCUT2D eigenvalue weighted by Gasteiger charge is -2.22. The first-order valence-corrected chi connectivity index (χ1v) is 6.52. The fourth-order valence-corrected chi connectivity index (χ4v) is 2.12. The van der Waals surface area contributed by atoms with Crippen LogP contribution in [0.25, 0.3) is 0 Å². The quantitative estimate of drug-likeness (QED) is 0.617. The average Bonchev–Trinajstić information content (AvgIpc) is 2.90. The molecule has 4 nitrogen and oxygen atoms in total. The molecule has 2 N–H and O–H groups in total. The molecule has 0 saturated carbocycles. The highest BCUT2D eigenvalue weighted by molar-refractivity contribution is 5.41. The Kier molecular flexibility index (Phi) is 4.84. The monoisotopic (exact) mass is 250 g/mol. The molecular weight excluding hydrogens is 228 g/mol. The van der Waals surface area contributed by atoms with Gasteiger partial charge in [0.25, 0.3) is 0 Å². The van der Waals surface area contributed by atoms with E-state index in [2.05, 4.69) is 11.9 Å². The summed E-state index contributed by atoms with van der Waals surface area (Å²) in [4.78, 5) is 2.36. The number of rotatable bonds is 6. The molecule has 1 heterocycles. The Morgan fingerprint density at radius 2 is 2.17 bits per heavy atom. The molecule has 1 aromatic carbocycles. The number of hydrogen-bond donors (Lipinski definition) is 1. The van der Waals surface area contributed by atoms with Gasteiger partial charge in [-0.3, -0.25) is 0 Å². The highest BCUT2D eigenvalue weighted by Gasteiger charge is 2.19. The van der Waals surface area contributed by atoms with E-state index in [0.29, 0.717) is 6.04 Å². The van der Waals surface area contributed by atoms with E-state index in [0.717, 1.165) is 50.6 Å². The summed E-state index contributed by atoms with van der Waals surface area (Å²) in [6, 6.07) is 8.11. The van der Waals surface area contributed by atoms with Crippen molar-refractivity contribution in [2.24, 2.45) is 0 Å². The van der Waals surface area contributed by atoms with Gasteiger partial charge in [0.2, 0.25) is 0 Å². The van der Waals surface area contributed by atoms with Crippen molar-refractivity contribution in [1.82, 2.24) is 4.90 Å². The summed E-state index contributed by atoms with van der Waals surface area (Å²) in [6.45, 7) is 3.55. The van der Waals surface area contributed by atoms with Gasteiger partial charge in [-0.15, -0.1) is 0 Å². The van der Waals surface area contributed by atoms with Gasteiger partial charge in [-0.05, 0) is 44.2 Å². The molecule has 1 aliphatic rings. The Morgan fingerprint density at radius 3 is 2.83 bits per heavy atom.